The third kappa shape index (κ3) is 5.25. The summed E-state index contributed by atoms with van der Waals surface area (Å²) in [5.74, 6) is -2.63. The number of aryl methyl sites for hydroxylation is 1. The van der Waals surface area contributed by atoms with Crippen molar-refractivity contribution >= 4 is 11.8 Å². The number of amides is 2. The molecular formula is C17H25F3N4O5. The molecule has 0 saturated carbocycles. The number of aromatic nitrogens is 2. The predicted molar refractivity (Wildman–Crippen MR) is 93.4 cm³/mol. The van der Waals surface area contributed by atoms with Crippen molar-refractivity contribution in [1.29, 1.82) is 0 Å². The molecule has 0 bridgehead atoms. The van der Waals surface area contributed by atoms with Gasteiger partial charge < -0.3 is 29.7 Å². The van der Waals surface area contributed by atoms with Crippen LogP contribution in [0.3, 0.4) is 0 Å². The smallest absolute Gasteiger partial charge is 0.393 e. The molecule has 3 atom stereocenters. The van der Waals surface area contributed by atoms with Crippen LogP contribution in [0.1, 0.15) is 25.6 Å². The molecule has 2 heterocycles. The number of alkyl halides is 3. The number of carbonyl (C=O) groups is 2. The van der Waals surface area contributed by atoms with Gasteiger partial charge in [-0.05, 0) is 13.3 Å². The first kappa shape index (κ1) is 23.1. The second kappa shape index (κ2) is 9.09. The molecule has 164 valence electrons. The van der Waals surface area contributed by atoms with Gasteiger partial charge in [-0.2, -0.15) is 13.2 Å². The topological polar surface area (TPSA) is 117 Å². The Morgan fingerprint density at radius 1 is 1.45 bits per heavy atom. The highest BCUT2D eigenvalue weighted by Gasteiger charge is 2.57. The fourth-order valence-electron chi connectivity index (χ4n) is 3.22. The van der Waals surface area contributed by atoms with Crippen LogP contribution in [-0.4, -0.2) is 81.1 Å². The molecule has 29 heavy (non-hydrogen) atoms. The molecule has 1 aliphatic rings. The van der Waals surface area contributed by atoms with E-state index in [1.165, 1.54) is 25.1 Å². The second-order valence-corrected chi connectivity index (χ2v) is 7.04. The van der Waals surface area contributed by atoms with E-state index < -0.39 is 54.5 Å². The van der Waals surface area contributed by atoms with Crippen molar-refractivity contribution < 1.29 is 37.7 Å². The summed E-state index contributed by atoms with van der Waals surface area (Å²) in [6.07, 6.45) is -4.09. The summed E-state index contributed by atoms with van der Waals surface area (Å²) in [5, 5.41) is 21.9. The maximum atomic E-state index is 13.5. The summed E-state index contributed by atoms with van der Waals surface area (Å²) in [6, 6.07) is -0.512. The fraction of sp³-hybridized carbons (Fsp3) is 0.706. The number of nitrogens with one attached hydrogen (secondary N) is 1. The van der Waals surface area contributed by atoms with Gasteiger partial charge in [-0.1, -0.05) is 0 Å². The van der Waals surface area contributed by atoms with Crippen molar-refractivity contribution in [1.82, 2.24) is 19.8 Å². The van der Waals surface area contributed by atoms with Gasteiger partial charge in [0.2, 0.25) is 5.60 Å². The lowest BCUT2D eigenvalue weighted by Crippen LogP contribution is -2.54. The van der Waals surface area contributed by atoms with Gasteiger partial charge in [0.1, 0.15) is 5.82 Å². The Bertz CT molecular complexity index is 724. The van der Waals surface area contributed by atoms with Crippen molar-refractivity contribution in [3.8, 4) is 0 Å². The van der Waals surface area contributed by atoms with Gasteiger partial charge in [0.25, 0.3) is 0 Å². The van der Waals surface area contributed by atoms with E-state index in [2.05, 4.69) is 10.3 Å². The largest absolute Gasteiger partial charge is 0.424 e. The second-order valence-electron chi connectivity index (χ2n) is 7.04. The summed E-state index contributed by atoms with van der Waals surface area (Å²) in [6.45, 7) is 1.42. The van der Waals surface area contributed by atoms with Crippen LogP contribution >= 0.6 is 0 Å². The van der Waals surface area contributed by atoms with Gasteiger partial charge in [0, 0.05) is 39.0 Å². The molecule has 1 aromatic heterocycles. The van der Waals surface area contributed by atoms with Gasteiger partial charge in [0.15, 0.2) is 0 Å². The number of ether oxygens (including phenoxy) is 1. The highest BCUT2D eigenvalue weighted by atomic mass is 19.4. The monoisotopic (exact) mass is 422 g/mol. The Hall–Kier alpha value is -2.18. The molecule has 9 nitrogen and oxygen atoms in total. The van der Waals surface area contributed by atoms with E-state index in [-0.39, 0.29) is 26.2 Å². The summed E-state index contributed by atoms with van der Waals surface area (Å²) in [7, 11) is 1.31. The molecule has 1 fully saturated rings. The Morgan fingerprint density at radius 3 is 2.69 bits per heavy atom. The van der Waals surface area contributed by atoms with Gasteiger partial charge in [-0.3, -0.25) is 9.59 Å². The number of hydrogen-bond donors (Lipinski definition) is 3. The number of hydrogen-bond acceptors (Lipinski definition) is 6. The highest BCUT2D eigenvalue weighted by molar-refractivity contribution is 6.35. The fourth-order valence-corrected chi connectivity index (χ4v) is 3.22. The van der Waals surface area contributed by atoms with E-state index in [4.69, 9.17) is 4.74 Å². The van der Waals surface area contributed by atoms with Gasteiger partial charge in [-0.25, -0.2) is 4.98 Å². The molecule has 0 spiro atoms. The van der Waals surface area contributed by atoms with Crippen LogP contribution in [0, 0.1) is 0 Å². The molecule has 2 amide bonds. The number of aliphatic hydroxyl groups excluding tert-OH is 1. The lowest BCUT2D eigenvalue weighted by molar-refractivity contribution is -0.272. The zero-order valence-electron chi connectivity index (χ0n) is 16.1. The van der Waals surface area contributed by atoms with Crippen LogP contribution in [0.15, 0.2) is 12.4 Å². The van der Waals surface area contributed by atoms with Crippen molar-refractivity contribution in [2.75, 3.05) is 26.3 Å². The Labute approximate surface area is 165 Å². The highest BCUT2D eigenvalue weighted by Crippen LogP contribution is 2.40. The third-order valence-corrected chi connectivity index (χ3v) is 4.73. The first-order valence-corrected chi connectivity index (χ1v) is 9.09. The minimum Gasteiger partial charge on any atom is -0.393 e. The number of halogens is 3. The van der Waals surface area contributed by atoms with Crippen LogP contribution in [0.5, 0.6) is 0 Å². The van der Waals surface area contributed by atoms with E-state index >= 15 is 0 Å². The number of rotatable bonds is 6. The summed E-state index contributed by atoms with van der Waals surface area (Å²) in [5.41, 5.74) is -3.28. The van der Waals surface area contributed by atoms with E-state index in [0.29, 0.717) is 0 Å². The minimum atomic E-state index is -5.03. The molecule has 1 aromatic rings. The first-order valence-electron chi connectivity index (χ1n) is 9.09. The predicted octanol–water partition coefficient (Wildman–Crippen LogP) is -0.325. The number of morpholine rings is 1. The van der Waals surface area contributed by atoms with Crippen LogP contribution in [0.4, 0.5) is 13.2 Å². The van der Waals surface area contributed by atoms with Gasteiger partial charge >= 0.3 is 18.0 Å². The van der Waals surface area contributed by atoms with Crippen molar-refractivity contribution in [2.24, 2.45) is 7.05 Å². The number of nitrogens with zero attached hydrogens (tertiary/aromatic N) is 3. The summed E-state index contributed by atoms with van der Waals surface area (Å²) >= 11 is 0. The SMILES string of the molecule is C[C@H](O)C[C@@H]1COCCN1C(=O)C(=O)NCC[C@@](O)(c1nccn1C)C(F)(F)F. The molecule has 0 unspecified atom stereocenters. The molecule has 12 heteroatoms. The number of carbonyl (C=O) groups excluding carboxylic acids is 2. The van der Waals surface area contributed by atoms with Gasteiger partial charge in [0.05, 0.1) is 25.4 Å². The molecule has 0 aromatic carbocycles. The average molecular weight is 422 g/mol. The maximum absolute atomic E-state index is 13.5. The third-order valence-electron chi connectivity index (χ3n) is 4.73. The zero-order chi connectivity index (χ0) is 21.8. The van der Waals surface area contributed by atoms with E-state index in [1.807, 2.05) is 0 Å². The van der Waals surface area contributed by atoms with Crippen LogP contribution in [0.2, 0.25) is 0 Å². The van der Waals surface area contributed by atoms with E-state index in [9.17, 15) is 33.0 Å². The standard InChI is InChI=1S/C17H25F3N4O5/c1-11(25)9-12-10-29-8-7-24(12)14(27)13(26)21-4-3-16(28,17(18,19)20)15-22-5-6-23(15)2/h5-6,11-12,25,28H,3-4,7-10H2,1-2H3,(H,21,26)/t11-,12+,16+/m0/s1. The molecule has 0 aliphatic carbocycles. The number of aliphatic hydroxyl groups is 2. The minimum absolute atomic E-state index is 0.128. The Kier molecular flexibility index (Phi) is 7.25. The molecule has 3 N–H and O–H groups in total. The molecule has 1 saturated heterocycles. The summed E-state index contributed by atoms with van der Waals surface area (Å²) in [4.78, 5) is 29.4. The molecule has 1 aliphatic heterocycles. The Morgan fingerprint density at radius 2 is 2.14 bits per heavy atom. The van der Waals surface area contributed by atoms with Gasteiger partial charge in [-0.15, -0.1) is 0 Å². The summed E-state index contributed by atoms with van der Waals surface area (Å²) < 4.78 is 46.7. The van der Waals surface area contributed by atoms with Crippen molar-refractivity contribution in [3.63, 3.8) is 0 Å². The number of imidazole rings is 1. The molecule has 2 rings (SSSR count). The van der Waals surface area contributed by atoms with Crippen LogP contribution in [-0.2, 0) is 27.0 Å². The van der Waals surface area contributed by atoms with E-state index in [0.717, 1.165) is 10.8 Å². The van der Waals surface area contributed by atoms with Crippen LogP contribution in [0.25, 0.3) is 0 Å². The lowest BCUT2D eigenvalue weighted by Gasteiger charge is -2.35. The molecular weight excluding hydrogens is 397 g/mol. The molecule has 0 radical (unpaired) electrons. The van der Waals surface area contributed by atoms with Crippen LogP contribution < -0.4 is 5.32 Å². The van der Waals surface area contributed by atoms with Crippen molar-refractivity contribution in [3.05, 3.63) is 18.2 Å². The van der Waals surface area contributed by atoms with E-state index in [1.54, 1.807) is 0 Å². The Balaban J connectivity index is 2.01. The average Bonchev–Trinajstić information content (AvgIpc) is 3.06. The maximum Gasteiger partial charge on any atom is 0.424 e. The lowest BCUT2D eigenvalue weighted by atomic mass is 9.97. The van der Waals surface area contributed by atoms with Crippen molar-refractivity contribution in [2.45, 2.75) is 43.7 Å². The quantitative estimate of drug-likeness (QED) is 0.541. The zero-order valence-corrected chi connectivity index (χ0v) is 16.1. The first-order chi connectivity index (χ1) is 13.5. The normalized spacial score (nSPS) is 20.8.